The first-order valence-corrected chi connectivity index (χ1v) is 9.08. The number of rotatable bonds is 4. The SMILES string of the molecule is CCC(C)N1CCN(C(=O)N2CCN(C(C)CC)CC2)CC1. The third-order valence-corrected chi connectivity index (χ3v) is 5.60. The maximum Gasteiger partial charge on any atom is 0.320 e. The van der Waals surface area contributed by atoms with Gasteiger partial charge in [-0.2, -0.15) is 0 Å². The van der Waals surface area contributed by atoms with E-state index in [1.165, 1.54) is 12.8 Å². The summed E-state index contributed by atoms with van der Waals surface area (Å²) in [6, 6.07) is 1.53. The lowest BCUT2D eigenvalue weighted by molar-refractivity contribution is 0.0707. The number of hydrogen-bond acceptors (Lipinski definition) is 3. The molecule has 0 radical (unpaired) electrons. The van der Waals surface area contributed by atoms with Gasteiger partial charge >= 0.3 is 6.03 Å². The molecule has 0 aliphatic carbocycles. The highest BCUT2D eigenvalue weighted by Gasteiger charge is 2.29. The van der Waals surface area contributed by atoms with E-state index in [-0.39, 0.29) is 6.03 Å². The van der Waals surface area contributed by atoms with Crippen molar-refractivity contribution in [3.8, 4) is 0 Å². The van der Waals surface area contributed by atoms with Crippen LogP contribution in [0.15, 0.2) is 0 Å². The second-order valence-corrected chi connectivity index (χ2v) is 6.84. The first kappa shape index (κ1) is 17.5. The standard InChI is InChI=1S/C17H34N4O/c1-5-15(3)18-7-11-20(12-8-18)17(22)21-13-9-19(10-14-21)16(4)6-2/h15-16H,5-14H2,1-4H3. The number of amides is 2. The maximum absolute atomic E-state index is 12.7. The summed E-state index contributed by atoms with van der Waals surface area (Å²) in [5.41, 5.74) is 0. The highest BCUT2D eigenvalue weighted by atomic mass is 16.2. The first-order chi connectivity index (χ1) is 10.6. The second kappa shape index (κ2) is 8.16. The van der Waals surface area contributed by atoms with Crippen LogP contribution < -0.4 is 0 Å². The van der Waals surface area contributed by atoms with Crippen LogP contribution in [-0.4, -0.2) is 90.1 Å². The molecule has 0 spiro atoms. The smallest absolute Gasteiger partial charge is 0.320 e. The topological polar surface area (TPSA) is 30.0 Å². The molecule has 0 aromatic rings. The van der Waals surface area contributed by atoms with Crippen molar-refractivity contribution in [1.82, 2.24) is 19.6 Å². The molecule has 2 aliphatic heterocycles. The van der Waals surface area contributed by atoms with Crippen LogP contribution in [0, 0.1) is 0 Å². The van der Waals surface area contributed by atoms with E-state index in [4.69, 9.17) is 0 Å². The largest absolute Gasteiger partial charge is 0.322 e. The average Bonchev–Trinajstić information content (AvgIpc) is 2.60. The Labute approximate surface area is 136 Å². The Balaban J connectivity index is 1.77. The van der Waals surface area contributed by atoms with Gasteiger partial charge < -0.3 is 9.80 Å². The van der Waals surface area contributed by atoms with E-state index in [0.717, 1.165) is 52.4 Å². The monoisotopic (exact) mass is 310 g/mol. The van der Waals surface area contributed by atoms with Gasteiger partial charge in [-0.1, -0.05) is 13.8 Å². The molecule has 5 nitrogen and oxygen atoms in total. The van der Waals surface area contributed by atoms with Crippen LogP contribution in [0.5, 0.6) is 0 Å². The third kappa shape index (κ3) is 4.13. The fourth-order valence-corrected chi connectivity index (χ4v) is 3.42. The molecule has 0 saturated carbocycles. The molecular weight excluding hydrogens is 276 g/mol. The molecule has 2 aliphatic rings. The van der Waals surface area contributed by atoms with Crippen LogP contribution in [-0.2, 0) is 0 Å². The number of urea groups is 1. The number of carbonyl (C=O) groups excluding carboxylic acids is 1. The van der Waals surface area contributed by atoms with E-state index >= 15 is 0 Å². The Morgan fingerprint density at radius 3 is 1.32 bits per heavy atom. The molecule has 22 heavy (non-hydrogen) atoms. The van der Waals surface area contributed by atoms with Crippen LogP contribution in [0.25, 0.3) is 0 Å². The van der Waals surface area contributed by atoms with E-state index in [0.29, 0.717) is 12.1 Å². The minimum Gasteiger partial charge on any atom is -0.322 e. The van der Waals surface area contributed by atoms with Gasteiger partial charge in [-0.15, -0.1) is 0 Å². The Bertz CT molecular complexity index is 315. The van der Waals surface area contributed by atoms with Gasteiger partial charge in [0, 0.05) is 64.4 Å². The fraction of sp³-hybridized carbons (Fsp3) is 0.941. The summed E-state index contributed by atoms with van der Waals surface area (Å²) in [7, 11) is 0. The van der Waals surface area contributed by atoms with Gasteiger partial charge in [0.1, 0.15) is 0 Å². The van der Waals surface area contributed by atoms with E-state index < -0.39 is 0 Å². The molecule has 0 aromatic carbocycles. The second-order valence-electron chi connectivity index (χ2n) is 6.84. The highest BCUT2D eigenvalue weighted by molar-refractivity contribution is 5.74. The molecule has 2 amide bonds. The number of nitrogens with zero attached hydrogens (tertiary/aromatic N) is 4. The van der Waals surface area contributed by atoms with Gasteiger partial charge in [0.15, 0.2) is 0 Å². The van der Waals surface area contributed by atoms with Crippen LogP contribution in [0.2, 0.25) is 0 Å². The summed E-state index contributed by atoms with van der Waals surface area (Å²) < 4.78 is 0. The Morgan fingerprint density at radius 2 is 1.05 bits per heavy atom. The van der Waals surface area contributed by atoms with Crippen molar-refractivity contribution in [2.24, 2.45) is 0 Å². The minimum absolute atomic E-state index is 0.257. The summed E-state index contributed by atoms with van der Waals surface area (Å²) in [6.07, 6.45) is 2.37. The van der Waals surface area contributed by atoms with Crippen LogP contribution >= 0.6 is 0 Å². The lowest BCUT2D eigenvalue weighted by Crippen LogP contribution is -2.58. The van der Waals surface area contributed by atoms with Crippen LogP contribution in [0.3, 0.4) is 0 Å². The normalized spacial score (nSPS) is 24.4. The predicted octanol–water partition coefficient (Wildman–Crippen LogP) is 1.94. The number of carbonyl (C=O) groups is 1. The lowest BCUT2D eigenvalue weighted by atomic mass is 10.2. The lowest BCUT2D eigenvalue weighted by Gasteiger charge is -2.42. The molecule has 2 atom stereocenters. The van der Waals surface area contributed by atoms with Crippen molar-refractivity contribution in [1.29, 1.82) is 0 Å². The number of piperazine rings is 2. The van der Waals surface area contributed by atoms with Crippen molar-refractivity contribution in [3.63, 3.8) is 0 Å². The fourth-order valence-electron chi connectivity index (χ4n) is 3.42. The zero-order valence-corrected chi connectivity index (χ0v) is 14.9. The zero-order valence-electron chi connectivity index (χ0n) is 14.9. The molecule has 2 heterocycles. The van der Waals surface area contributed by atoms with Crippen molar-refractivity contribution in [3.05, 3.63) is 0 Å². The minimum atomic E-state index is 0.257. The molecule has 0 bridgehead atoms. The van der Waals surface area contributed by atoms with Crippen molar-refractivity contribution in [2.45, 2.75) is 52.6 Å². The molecule has 2 saturated heterocycles. The molecule has 128 valence electrons. The predicted molar refractivity (Wildman–Crippen MR) is 91.2 cm³/mol. The molecule has 2 unspecified atom stereocenters. The van der Waals surface area contributed by atoms with Crippen molar-refractivity contribution >= 4 is 6.03 Å². The van der Waals surface area contributed by atoms with Crippen molar-refractivity contribution < 1.29 is 4.79 Å². The molecule has 2 rings (SSSR count). The third-order valence-electron chi connectivity index (χ3n) is 5.60. The summed E-state index contributed by atoms with van der Waals surface area (Å²) in [6.45, 7) is 16.7. The van der Waals surface area contributed by atoms with Crippen LogP contribution in [0.1, 0.15) is 40.5 Å². The van der Waals surface area contributed by atoms with Gasteiger partial charge in [0.2, 0.25) is 0 Å². The maximum atomic E-state index is 12.7. The highest BCUT2D eigenvalue weighted by Crippen LogP contribution is 2.13. The first-order valence-electron chi connectivity index (χ1n) is 9.08. The Kier molecular flexibility index (Phi) is 6.50. The van der Waals surface area contributed by atoms with E-state index in [1.54, 1.807) is 0 Å². The van der Waals surface area contributed by atoms with Crippen LogP contribution in [0.4, 0.5) is 4.79 Å². The average molecular weight is 310 g/mol. The summed E-state index contributed by atoms with van der Waals surface area (Å²) in [5, 5.41) is 0. The van der Waals surface area contributed by atoms with Crippen molar-refractivity contribution in [2.75, 3.05) is 52.4 Å². The van der Waals surface area contributed by atoms with Gasteiger partial charge in [-0.25, -0.2) is 4.79 Å². The van der Waals surface area contributed by atoms with Gasteiger partial charge in [0.25, 0.3) is 0 Å². The molecule has 0 N–H and O–H groups in total. The number of hydrogen-bond donors (Lipinski definition) is 0. The Hall–Kier alpha value is -0.810. The van der Waals surface area contributed by atoms with Gasteiger partial charge in [-0.3, -0.25) is 9.80 Å². The molecule has 0 aromatic heterocycles. The zero-order chi connectivity index (χ0) is 16.1. The quantitative estimate of drug-likeness (QED) is 0.795. The summed E-state index contributed by atoms with van der Waals surface area (Å²) >= 11 is 0. The van der Waals surface area contributed by atoms with Gasteiger partial charge in [0.05, 0.1) is 0 Å². The molecule has 2 fully saturated rings. The molecule has 5 heteroatoms. The summed E-state index contributed by atoms with van der Waals surface area (Å²) in [4.78, 5) is 21.8. The Morgan fingerprint density at radius 1 is 0.727 bits per heavy atom. The summed E-state index contributed by atoms with van der Waals surface area (Å²) in [5.74, 6) is 0. The van der Waals surface area contributed by atoms with E-state index in [1.807, 2.05) is 0 Å². The van der Waals surface area contributed by atoms with Gasteiger partial charge in [-0.05, 0) is 26.7 Å². The van der Waals surface area contributed by atoms with E-state index in [2.05, 4.69) is 47.3 Å². The molecular formula is C17H34N4O. The van der Waals surface area contributed by atoms with E-state index in [9.17, 15) is 4.79 Å².